The van der Waals surface area contributed by atoms with Crippen LogP contribution >= 0.6 is 0 Å². The fraction of sp³-hybridized carbons (Fsp3) is 0.526. The summed E-state index contributed by atoms with van der Waals surface area (Å²) in [5.41, 5.74) is -0.867. The molecule has 1 aliphatic rings. The molecule has 0 bridgehead atoms. The van der Waals surface area contributed by atoms with E-state index >= 15 is 0 Å². The third kappa shape index (κ3) is 5.03. The van der Waals surface area contributed by atoms with Gasteiger partial charge in [-0.1, -0.05) is 25.0 Å². The van der Waals surface area contributed by atoms with E-state index in [1.165, 1.54) is 12.1 Å². The second-order valence-corrected chi connectivity index (χ2v) is 7.63. The number of urea groups is 1. The Morgan fingerprint density at radius 2 is 1.85 bits per heavy atom. The summed E-state index contributed by atoms with van der Waals surface area (Å²) in [5, 5.41) is 4.70. The average Bonchev–Trinajstić information content (AvgIpc) is 3.01. The van der Waals surface area contributed by atoms with Crippen LogP contribution in [0.5, 0.6) is 0 Å². The molecule has 0 unspecified atom stereocenters. The zero-order chi connectivity index (χ0) is 19.4. The first kappa shape index (κ1) is 19.9. The number of esters is 1. The van der Waals surface area contributed by atoms with E-state index in [0.29, 0.717) is 18.4 Å². The molecule has 26 heavy (non-hydrogen) atoms. The summed E-state index contributed by atoms with van der Waals surface area (Å²) in [7, 11) is 0. The van der Waals surface area contributed by atoms with Crippen LogP contribution in [0.3, 0.4) is 0 Å². The molecule has 2 N–H and O–H groups in total. The molecular formula is C19H25FN2O4. The first-order valence-electron chi connectivity index (χ1n) is 8.68. The fourth-order valence-electron chi connectivity index (χ4n) is 3.18. The smallest absolute Gasteiger partial charge is 0.321 e. The van der Waals surface area contributed by atoms with E-state index in [2.05, 4.69) is 10.6 Å². The molecule has 1 aromatic rings. The highest BCUT2D eigenvalue weighted by atomic mass is 19.1. The minimum atomic E-state index is -0.934. The van der Waals surface area contributed by atoms with Gasteiger partial charge in [0.2, 0.25) is 0 Å². The molecule has 142 valence electrons. The van der Waals surface area contributed by atoms with Crippen LogP contribution in [0.15, 0.2) is 24.3 Å². The lowest BCUT2D eigenvalue weighted by Gasteiger charge is -2.27. The lowest BCUT2D eigenvalue weighted by Crippen LogP contribution is -2.49. The van der Waals surface area contributed by atoms with Gasteiger partial charge in [-0.2, -0.15) is 0 Å². The highest BCUT2D eigenvalue weighted by Gasteiger charge is 2.44. The Labute approximate surface area is 152 Å². The van der Waals surface area contributed by atoms with Crippen LogP contribution in [-0.4, -0.2) is 30.1 Å². The van der Waals surface area contributed by atoms with Crippen LogP contribution in [0.4, 0.5) is 9.18 Å². The zero-order valence-electron chi connectivity index (χ0n) is 15.4. The Bertz CT molecular complexity index is 691. The zero-order valence-corrected chi connectivity index (χ0v) is 15.4. The van der Waals surface area contributed by atoms with Gasteiger partial charge in [0.1, 0.15) is 5.82 Å². The van der Waals surface area contributed by atoms with E-state index in [-0.39, 0.29) is 0 Å². The lowest BCUT2D eigenvalue weighted by atomic mass is 9.79. The number of rotatable bonds is 4. The van der Waals surface area contributed by atoms with Crippen LogP contribution in [-0.2, 0) is 19.7 Å². The molecule has 0 aromatic heterocycles. The molecule has 1 fully saturated rings. The number of imide groups is 1. The van der Waals surface area contributed by atoms with Crippen molar-refractivity contribution in [2.75, 3.05) is 6.61 Å². The summed E-state index contributed by atoms with van der Waals surface area (Å²) >= 11 is 0. The van der Waals surface area contributed by atoms with Gasteiger partial charge in [-0.3, -0.25) is 14.9 Å². The summed E-state index contributed by atoms with van der Waals surface area (Å²) in [6, 6.07) is 5.26. The van der Waals surface area contributed by atoms with Gasteiger partial charge in [0.15, 0.2) is 6.61 Å². The number of ether oxygens (including phenoxy) is 1. The second-order valence-electron chi connectivity index (χ2n) is 7.63. The minimum Gasteiger partial charge on any atom is -0.455 e. The molecule has 1 saturated carbocycles. The van der Waals surface area contributed by atoms with Gasteiger partial charge < -0.3 is 10.1 Å². The fourth-order valence-corrected chi connectivity index (χ4v) is 3.18. The molecule has 6 nitrogen and oxygen atoms in total. The molecule has 0 radical (unpaired) electrons. The monoisotopic (exact) mass is 364 g/mol. The van der Waals surface area contributed by atoms with Gasteiger partial charge in [0.25, 0.3) is 5.91 Å². The number of amides is 3. The first-order chi connectivity index (χ1) is 12.1. The summed E-state index contributed by atoms with van der Waals surface area (Å²) in [4.78, 5) is 36.2. The molecular weight excluding hydrogens is 339 g/mol. The average molecular weight is 364 g/mol. The predicted octanol–water partition coefficient (Wildman–Crippen LogP) is 2.81. The third-order valence-electron chi connectivity index (χ3n) is 4.30. The molecule has 2 rings (SSSR count). The predicted molar refractivity (Wildman–Crippen MR) is 93.9 cm³/mol. The number of hydrogen-bond donors (Lipinski definition) is 2. The first-order valence-corrected chi connectivity index (χ1v) is 8.68. The van der Waals surface area contributed by atoms with Crippen molar-refractivity contribution in [3.63, 3.8) is 0 Å². The molecule has 0 spiro atoms. The maximum atomic E-state index is 13.6. The summed E-state index contributed by atoms with van der Waals surface area (Å²) in [6.45, 7) is 4.77. The van der Waals surface area contributed by atoms with Crippen LogP contribution in [0, 0.1) is 5.82 Å². The molecule has 0 atom stereocenters. The Hall–Kier alpha value is -2.44. The van der Waals surface area contributed by atoms with Crippen LogP contribution < -0.4 is 10.6 Å². The number of nitrogens with one attached hydrogen (secondary N) is 2. The van der Waals surface area contributed by atoms with Crippen molar-refractivity contribution in [3.05, 3.63) is 35.6 Å². The Morgan fingerprint density at radius 3 is 2.42 bits per heavy atom. The Morgan fingerprint density at radius 1 is 1.19 bits per heavy atom. The number of benzene rings is 1. The number of carbonyl (C=O) groups excluding carboxylic acids is 3. The van der Waals surface area contributed by atoms with Gasteiger partial charge in [0.05, 0.1) is 5.41 Å². The topological polar surface area (TPSA) is 84.5 Å². The lowest BCUT2D eigenvalue weighted by molar-refractivity contribution is -0.154. The SMILES string of the molecule is CC(C)(C)NC(=O)NC(=O)COC(=O)C1(c2cccc(F)c2)CCCC1. The van der Waals surface area contributed by atoms with Crippen LogP contribution in [0.25, 0.3) is 0 Å². The standard InChI is InChI=1S/C19H25FN2O4/c1-18(2,3)22-17(25)21-15(23)12-26-16(24)19(9-4-5-10-19)13-7-6-8-14(20)11-13/h6-8,11H,4-5,9-10,12H2,1-3H3,(H2,21,22,23,25). The third-order valence-corrected chi connectivity index (χ3v) is 4.30. The minimum absolute atomic E-state index is 0.418. The van der Waals surface area contributed by atoms with Crippen LogP contribution in [0.1, 0.15) is 52.0 Å². The van der Waals surface area contributed by atoms with Crippen molar-refractivity contribution in [1.82, 2.24) is 10.6 Å². The summed E-state index contributed by atoms with van der Waals surface area (Å²) < 4.78 is 18.7. The Balaban J connectivity index is 1.99. The Kier molecular flexibility index (Phi) is 6.00. The largest absolute Gasteiger partial charge is 0.455 e. The highest BCUT2D eigenvalue weighted by Crippen LogP contribution is 2.42. The molecule has 0 heterocycles. The molecule has 3 amide bonds. The normalized spacial score (nSPS) is 16.0. The van der Waals surface area contributed by atoms with E-state index in [4.69, 9.17) is 4.74 Å². The maximum Gasteiger partial charge on any atom is 0.321 e. The molecule has 1 aromatic carbocycles. The number of hydrogen-bond acceptors (Lipinski definition) is 4. The highest BCUT2D eigenvalue weighted by molar-refractivity contribution is 5.96. The van der Waals surface area contributed by atoms with E-state index in [0.717, 1.165) is 12.8 Å². The quantitative estimate of drug-likeness (QED) is 0.805. The maximum absolute atomic E-state index is 13.6. The van der Waals surface area contributed by atoms with Gasteiger partial charge in [-0.05, 0) is 51.3 Å². The molecule has 0 aliphatic heterocycles. The molecule has 7 heteroatoms. The van der Waals surface area contributed by atoms with Crippen molar-refractivity contribution in [3.8, 4) is 0 Å². The van der Waals surface area contributed by atoms with Crippen molar-refractivity contribution >= 4 is 17.9 Å². The van der Waals surface area contributed by atoms with Crippen molar-refractivity contribution in [2.24, 2.45) is 0 Å². The number of halogens is 1. The van der Waals surface area contributed by atoms with E-state index in [1.807, 2.05) is 0 Å². The molecule has 1 aliphatic carbocycles. The van der Waals surface area contributed by atoms with E-state index in [1.54, 1.807) is 32.9 Å². The van der Waals surface area contributed by atoms with E-state index in [9.17, 15) is 18.8 Å². The van der Waals surface area contributed by atoms with Crippen molar-refractivity contribution in [2.45, 2.75) is 57.4 Å². The van der Waals surface area contributed by atoms with Crippen molar-refractivity contribution in [1.29, 1.82) is 0 Å². The van der Waals surface area contributed by atoms with Crippen molar-refractivity contribution < 1.29 is 23.5 Å². The second kappa shape index (κ2) is 7.85. The van der Waals surface area contributed by atoms with E-state index < -0.39 is 41.3 Å². The van der Waals surface area contributed by atoms with Gasteiger partial charge >= 0.3 is 12.0 Å². The number of carbonyl (C=O) groups is 3. The summed E-state index contributed by atoms with van der Waals surface area (Å²) in [5.74, 6) is -1.70. The van der Waals surface area contributed by atoms with Gasteiger partial charge in [0, 0.05) is 5.54 Å². The van der Waals surface area contributed by atoms with Crippen LogP contribution in [0.2, 0.25) is 0 Å². The summed E-state index contributed by atoms with van der Waals surface area (Å²) in [6.07, 6.45) is 2.74. The van der Waals surface area contributed by atoms with Gasteiger partial charge in [-0.15, -0.1) is 0 Å². The molecule has 0 saturated heterocycles. The van der Waals surface area contributed by atoms with Gasteiger partial charge in [-0.25, -0.2) is 9.18 Å².